The van der Waals surface area contributed by atoms with Crippen molar-refractivity contribution in [2.24, 2.45) is 0 Å². The molecule has 1 unspecified atom stereocenters. The third-order valence-corrected chi connectivity index (χ3v) is 5.71. The Morgan fingerprint density at radius 2 is 1.21 bits per heavy atom. The summed E-state index contributed by atoms with van der Waals surface area (Å²) in [7, 11) is 0. The van der Waals surface area contributed by atoms with Crippen molar-refractivity contribution in [1.82, 2.24) is 10.6 Å². The topological polar surface area (TPSA) is 125 Å². The van der Waals surface area contributed by atoms with Crippen molar-refractivity contribution in [2.75, 3.05) is 6.61 Å². The van der Waals surface area contributed by atoms with Crippen LogP contribution in [0.5, 0.6) is 0 Å². The molecule has 33 heavy (non-hydrogen) atoms. The molecule has 0 heterocycles. The average Bonchev–Trinajstić information content (AvgIpc) is 2.75. The van der Waals surface area contributed by atoms with Crippen LogP contribution >= 0.6 is 0 Å². The fourth-order valence-electron chi connectivity index (χ4n) is 3.68. The van der Waals surface area contributed by atoms with Crippen LogP contribution in [-0.4, -0.2) is 39.6 Å². The Labute approximate surface area is 202 Å². The summed E-state index contributed by atoms with van der Waals surface area (Å²) in [5.74, 6) is 0.118. The molecule has 0 spiro atoms. The van der Waals surface area contributed by atoms with Crippen LogP contribution in [0.25, 0.3) is 0 Å². The van der Waals surface area contributed by atoms with Gasteiger partial charge < -0.3 is 15.6 Å². The minimum absolute atomic E-state index is 0.0540. The van der Waals surface area contributed by atoms with Crippen LogP contribution in [0.4, 0.5) is 0 Å². The molecule has 0 aliphatic heterocycles. The van der Waals surface area contributed by atoms with Gasteiger partial charge in [0.2, 0.25) is 5.91 Å². The van der Waals surface area contributed by atoms with Crippen LogP contribution in [-0.2, 0) is 4.79 Å². The fourth-order valence-corrected chi connectivity index (χ4v) is 3.68. The van der Waals surface area contributed by atoms with Gasteiger partial charge in [-0.3, -0.25) is 10.1 Å². The number of nitrogens with zero attached hydrogens (tertiary/aromatic N) is 1. The molecule has 1 amide bonds. The SMILES string of the molecule is CCCCCCCCCCCCCCCCCC(=O)NC(CC)NC(C)(C)CO.O=[N+]([O-])O. The summed E-state index contributed by atoms with van der Waals surface area (Å²) in [5, 5.41) is 29.3. The van der Waals surface area contributed by atoms with Crippen LogP contribution < -0.4 is 10.6 Å². The number of carbonyl (C=O) groups is 1. The van der Waals surface area contributed by atoms with Crippen LogP contribution in [0, 0.1) is 10.1 Å². The molecule has 0 aromatic carbocycles. The molecule has 0 fully saturated rings. The Kier molecular flexibility index (Phi) is 24.3. The van der Waals surface area contributed by atoms with Gasteiger partial charge in [0.15, 0.2) is 0 Å². The van der Waals surface area contributed by atoms with Gasteiger partial charge in [-0.2, -0.15) is 0 Å². The number of aliphatic hydroxyl groups excluding tert-OH is 1. The van der Waals surface area contributed by atoms with Crippen LogP contribution in [0.15, 0.2) is 0 Å². The predicted molar refractivity (Wildman–Crippen MR) is 135 cm³/mol. The molecule has 0 aliphatic carbocycles. The maximum atomic E-state index is 12.1. The zero-order valence-electron chi connectivity index (χ0n) is 21.9. The van der Waals surface area contributed by atoms with E-state index in [0.717, 1.165) is 19.3 Å². The van der Waals surface area contributed by atoms with Crippen molar-refractivity contribution in [3.63, 3.8) is 0 Å². The summed E-state index contributed by atoms with van der Waals surface area (Å²) in [5.41, 5.74) is -0.372. The van der Waals surface area contributed by atoms with Gasteiger partial charge in [-0.15, -0.1) is 10.1 Å². The Bertz CT molecular complexity index is 457. The smallest absolute Gasteiger partial charge is 0.291 e. The normalized spacial score (nSPS) is 12.0. The maximum absolute atomic E-state index is 12.1. The quantitative estimate of drug-likeness (QED) is 0.0686. The van der Waals surface area contributed by atoms with E-state index in [1.54, 1.807) is 0 Å². The monoisotopic (exact) mass is 475 g/mol. The molecule has 0 bridgehead atoms. The number of hydrogen-bond donors (Lipinski definition) is 4. The van der Waals surface area contributed by atoms with E-state index < -0.39 is 5.09 Å². The van der Waals surface area contributed by atoms with E-state index in [4.69, 9.17) is 15.3 Å². The lowest BCUT2D eigenvalue weighted by Crippen LogP contribution is -2.55. The lowest BCUT2D eigenvalue weighted by atomic mass is 10.0. The fraction of sp³-hybridized carbons (Fsp3) is 0.960. The zero-order valence-corrected chi connectivity index (χ0v) is 21.9. The first-order valence-electron chi connectivity index (χ1n) is 13.2. The Morgan fingerprint density at radius 1 is 0.848 bits per heavy atom. The molecule has 8 nitrogen and oxygen atoms in total. The minimum atomic E-state index is -1.50. The number of carbonyl (C=O) groups excluding carboxylic acids is 1. The second-order valence-corrected chi connectivity index (χ2v) is 9.65. The number of nitrogens with one attached hydrogen (secondary N) is 2. The number of hydrogen-bond acceptors (Lipinski definition) is 5. The van der Waals surface area contributed by atoms with Crippen molar-refractivity contribution in [1.29, 1.82) is 0 Å². The molecule has 0 saturated heterocycles. The van der Waals surface area contributed by atoms with Crippen LogP contribution in [0.3, 0.4) is 0 Å². The standard InChI is InChI=1S/C25H52N2O2.HNO3/c1-5-7-8-9-10-11-12-13-14-15-16-17-18-19-20-21-24(29)26-23(6-2)27-25(3,4)22-28;2-1(3)4/h23,27-28H,5-22H2,1-4H3,(H,26,29);(H,2,3,4). The molecule has 198 valence electrons. The molecule has 8 heteroatoms. The lowest BCUT2D eigenvalue weighted by Gasteiger charge is -2.30. The van der Waals surface area contributed by atoms with Gasteiger partial charge >= 0.3 is 0 Å². The number of unbranched alkanes of at least 4 members (excludes halogenated alkanes) is 14. The summed E-state index contributed by atoms with van der Waals surface area (Å²) in [6.45, 7) is 8.25. The number of rotatable bonds is 21. The molecular weight excluding hydrogens is 422 g/mol. The molecule has 0 aliphatic rings. The van der Waals surface area contributed by atoms with E-state index in [-0.39, 0.29) is 24.2 Å². The Hall–Kier alpha value is -1.41. The van der Waals surface area contributed by atoms with Crippen molar-refractivity contribution < 1.29 is 20.2 Å². The van der Waals surface area contributed by atoms with Gasteiger partial charge in [-0.05, 0) is 26.7 Å². The Morgan fingerprint density at radius 3 is 1.55 bits per heavy atom. The highest BCUT2D eigenvalue weighted by molar-refractivity contribution is 5.76. The van der Waals surface area contributed by atoms with E-state index in [9.17, 15) is 9.90 Å². The van der Waals surface area contributed by atoms with E-state index in [1.165, 1.54) is 83.5 Å². The van der Waals surface area contributed by atoms with Gasteiger partial charge in [0.05, 0.1) is 12.8 Å². The Balaban J connectivity index is 0. The third kappa shape index (κ3) is 28.6. The van der Waals surface area contributed by atoms with E-state index in [0.29, 0.717) is 6.42 Å². The average molecular weight is 476 g/mol. The first-order valence-corrected chi connectivity index (χ1v) is 13.2. The molecule has 0 rings (SSSR count). The van der Waals surface area contributed by atoms with Gasteiger partial charge in [0, 0.05) is 12.0 Å². The summed E-state index contributed by atoms with van der Waals surface area (Å²) >= 11 is 0. The van der Waals surface area contributed by atoms with E-state index in [2.05, 4.69) is 17.6 Å². The molecule has 0 aromatic rings. The van der Waals surface area contributed by atoms with E-state index >= 15 is 0 Å². The lowest BCUT2D eigenvalue weighted by molar-refractivity contribution is -0.742. The minimum Gasteiger partial charge on any atom is -0.394 e. The molecular formula is C25H53N3O5. The predicted octanol–water partition coefficient (Wildman–Crippen LogP) is 6.11. The molecule has 0 radical (unpaired) electrons. The highest BCUT2D eigenvalue weighted by Gasteiger charge is 2.21. The van der Waals surface area contributed by atoms with Crippen LogP contribution in [0.1, 0.15) is 137 Å². The second-order valence-electron chi connectivity index (χ2n) is 9.65. The molecule has 0 aromatic heterocycles. The largest absolute Gasteiger partial charge is 0.394 e. The van der Waals surface area contributed by atoms with Crippen molar-refractivity contribution in [3.8, 4) is 0 Å². The van der Waals surface area contributed by atoms with Gasteiger partial charge in [-0.1, -0.05) is 104 Å². The highest BCUT2D eigenvalue weighted by atomic mass is 16.9. The van der Waals surface area contributed by atoms with Crippen LogP contribution in [0.2, 0.25) is 0 Å². The summed E-state index contributed by atoms with van der Waals surface area (Å²) < 4.78 is 0. The van der Waals surface area contributed by atoms with Gasteiger partial charge in [-0.25, -0.2) is 0 Å². The zero-order chi connectivity index (χ0) is 25.4. The molecule has 1 atom stereocenters. The first kappa shape index (κ1) is 33.8. The third-order valence-electron chi connectivity index (χ3n) is 5.71. The number of aliphatic hydroxyl groups is 1. The molecule has 0 saturated carbocycles. The second kappa shape index (κ2) is 23.7. The van der Waals surface area contributed by atoms with E-state index in [1.807, 2.05) is 20.8 Å². The summed E-state index contributed by atoms with van der Waals surface area (Å²) in [6, 6.07) is 0. The van der Waals surface area contributed by atoms with Crippen molar-refractivity contribution in [3.05, 3.63) is 10.1 Å². The van der Waals surface area contributed by atoms with Gasteiger partial charge in [0.1, 0.15) is 0 Å². The molecule has 4 N–H and O–H groups in total. The summed E-state index contributed by atoms with van der Waals surface area (Å²) in [6.07, 6.45) is 21.5. The van der Waals surface area contributed by atoms with Gasteiger partial charge in [0.25, 0.3) is 5.09 Å². The maximum Gasteiger partial charge on any atom is 0.291 e. The number of amides is 1. The van der Waals surface area contributed by atoms with Crippen molar-refractivity contribution >= 4 is 5.91 Å². The highest BCUT2D eigenvalue weighted by Crippen LogP contribution is 2.13. The summed E-state index contributed by atoms with van der Waals surface area (Å²) in [4.78, 5) is 20.5. The van der Waals surface area contributed by atoms with Crippen molar-refractivity contribution in [2.45, 2.75) is 149 Å². The first-order chi connectivity index (χ1) is 15.7.